The molecule has 1 N–H and O–H groups in total. The number of nitrogens with zero attached hydrogens (tertiary/aromatic N) is 2. The van der Waals surface area contributed by atoms with E-state index in [9.17, 15) is 9.18 Å². The number of hydrogen-bond donors (Lipinski definition) is 1. The van der Waals surface area contributed by atoms with Crippen LogP contribution >= 0.6 is 0 Å². The first kappa shape index (κ1) is 19.5. The highest BCUT2D eigenvalue weighted by molar-refractivity contribution is 5.94. The largest absolute Gasteiger partial charge is 0.351 e. The molecular weight excluding hydrogens is 389 g/mol. The number of carbonyl (C=O) groups is 1. The highest BCUT2D eigenvalue weighted by Crippen LogP contribution is 2.39. The third-order valence-corrected chi connectivity index (χ3v) is 6.14. The molecule has 5 heteroatoms. The smallest absolute Gasteiger partial charge is 0.227 e. The average molecular weight is 413 g/mol. The van der Waals surface area contributed by atoms with Crippen molar-refractivity contribution >= 4 is 16.8 Å². The van der Waals surface area contributed by atoms with Crippen LogP contribution in [-0.2, 0) is 24.3 Å². The molecule has 4 aromatic rings. The lowest BCUT2D eigenvalue weighted by Gasteiger charge is -2.24. The van der Waals surface area contributed by atoms with Crippen molar-refractivity contribution in [3.8, 4) is 0 Å². The number of pyridine rings is 1. The van der Waals surface area contributed by atoms with Gasteiger partial charge in [0.05, 0.1) is 5.92 Å². The van der Waals surface area contributed by atoms with Gasteiger partial charge in [-0.1, -0.05) is 30.3 Å². The van der Waals surface area contributed by atoms with Gasteiger partial charge in [0, 0.05) is 42.1 Å². The number of carbonyl (C=O) groups excluding carboxylic acids is 1. The van der Waals surface area contributed by atoms with Gasteiger partial charge in [-0.25, -0.2) is 4.39 Å². The molecular formula is C26H24FN3O. The van der Waals surface area contributed by atoms with E-state index in [0.717, 1.165) is 46.9 Å². The van der Waals surface area contributed by atoms with Gasteiger partial charge >= 0.3 is 0 Å². The van der Waals surface area contributed by atoms with Crippen molar-refractivity contribution in [3.05, 3.63) is 101 Å². The molecule has 2 aromatic carbocycles. The van der Waals surface area contributed by atoms with E-state index in [1.807, 2.05) is 30.3 Å². The lowest BCUT2D eigenvalue weighted by Crippen LogP contribution is -2.31. The Balaban J connectivity index is 1.50. The lowest BCUT2D eigenvalue weighted by atomic mass is 9.84. The molecule has 0 saturated heterocycles. The third-order valence-electron chi connectivity index (χ3n) is 6.14. The highest BCUT2D eigenvalue weighted by Gasteiger charge is 2.31. The summed E-state index contributed by atoms with van der Waals surface area (Å²) in [6, 6.07) is 18.8. The van der Waals surface area contributed by atoms with Crippen molar-refractivity contribution in [3.63, 3.8) is 0 Å². The Hall–Kier alpha value is -3.47. The molecule has 31 heavy (non-hydrogen) atoms. The maximum absolute atomic E-state index is 13.8. The summed E-state index contributed by atoms with van der Waals surface area (Å²) in [4.78, 5) is 17.2. The first-order valence-corrected chi connectivity index (χ1v) is 10.7. The summed E-state index contributed by atoms with van der Waals surface area (Å²) < 4.78 is 16.0. The van der Waals surface area contributed by atoms with Gasteiger partial charge in [-0.2, -0.15) is 0 Å². The molecule has 1 unspecified atom stereocenters. The fourth-order valence-electron chi connectivity index (χ4n) is 4.73. The molecule has 0 aliphatic heterocycles. The normalized spacial score (nSPS) is 15.6. The summed E-state index contributed by atoms with van der Waals surface area (Å²) in [5, 5.41) is 4.24. The molecule has 1 amide bonds. The van der Waals surface area contributed by atoms with Crippen LogP contribution in [0.2, 0.25) is 0 Å². The van der Waals surface area contributed by atoms with E-state index in [-0.39, 0.29) is 17.6 Å². The van der Waals surface area contributed by atoms with Crippen LogP contribution < -0.4 is 5.32 Å². The second-order valence-electron chi connectivity index (χ2n) is 8.11. The van der Waals surface area contributed by atoms with E-state index in [2.05, 4.69) is 27.0 Å². The van der Waals surface area contributed by atoms with E-state index < -0.39 is 0 Å². The van der Waals surface area contributed by atoms with E-state index >= 15 is 0 Å². The van der Waals surface area contributed by atoms with Crippen LogP contribution in [-0.4, -0.2) is 15.5 Å². The van der Waals surface area contributed by atoms with Crippen LogP contribution in [0.1, 0.15) is 41.1 Å². The Morgan fingerprint density at radius 2 is 1.90 bits per heavy atom. The van der Waals surface area contributed by atoms with E-state index in [1.54, 1.807) is 24.5 Å². The first-order valence-electron chi connectivity index (χ1n) is 10.7. The number of halogens is 1. The van der Waals surface area contributed by atoms with Gasteiger partial charge < -0.3 is 9.88 Å². The predicted octanol–water partition coefficient (Wildman–Crippen LogP) is 4.96. The molecule has 1 aliphatic rings. The van der Waals surface area contributed by atoms with E-state index in [1.165, 1.54) is 11.8 Å². The standard InChI is InChI=1S/C26H24FN3O/c27-20-6-3-5-19(15-20)17-30-23-9-2-1-7-21(23)25-22(8-4-10-24(25)30)26(31)29-16-18-11-13-28-14-12-18/h1-3,5-7,9,11-15,22H,4,8,10,16-17H2,(H,29,31). The number of benzene rings is 2. The molecule has 2 aromatic heterocycles. The van der Waals surface area contributed by atoms with Crippen molar-refractivity contribution in [2.75, 3.05) is 0 Å². The topological polar surface area (TPSA) is 46.9 Å². The summed E-state index contributed by atoms with van der Waals surface area (Å²) in [5.41, 5.74) is 5.39. The highest BCUT2D eigenvalue weighted by atomic mass is 19.1. The summed E-state index contributed by atoms with van der Waals surface area (Å²) in [6.45, 7) is 1.09. The lowest BCUT2D eigenvalue weighted by molar-refractivity contribution is -0.123. The number of para-hydroxylation sites is 1. The van der Waals surface area contributed by atoms with Crippen LogP contribution in [0.25, 0.3) is 10.9 Å². The number of hydrogen-bond acceptors (Lipinski definition) is 2. The molecule has 156 valence electrons. The van der Waals surface area contributed by atoms with Gasteiger partial charge in [0.25, 0.3) is 0 Å². The Kier molecular flexibility index (Phi) is 5.24. The minimum atomic E-state index is -0.226. The van der Waals surface area contributed by atoms with E-state index in [4.69, 9.17) is 0 Å². The average Bonchev–Trinajstić information content (AvgIpc) is 3.12. The molecule has 0 saturated carbocycles. The zero-order valence-electron chi connectivity index (χ0n) is 17.2. The summed E-state index contributed by atoms with van der Waals surface area (Å²) in [6.07, 6.45) is 6.19. The molecule has 0 spiro atoms. The fraction of sp³-hybridized carbons (Fsp3) is 0.231. The van der Waals surface area contributed by atoms with Crippen LogP contribution in [0, 0.1) is 5.82 Å². The van der Waals surface area contributed by atoms with Gasteiger partial charge in [-0.3, -0.25) is 9.78 Å². The molecule has 5 rings (SSSR count). The molecule has 2 heterocycles. The van der Waals surface area contributed by atoms with Gasteiger partial charge in [-0.15, -0.1) is 0 Å². The summed E-state index contributed by atoms with van der Waals surface area (Å²) in [5.74, 6) is -0.341. The predicted molar refractivity (Wildman–Crippen MR) is 119 cm³/mol. The number of amides is 1. The summed E-state index contributed by atoms with van der Waals surface area (Å²) in [7, 11) is 0. The second kappa shape index (κ2) is 8.34. The van der Waals surface area contributed by atoms with Crippen molar-refractivity contribution in [1.82, 2.24) is 14.9 Å². The van der Waals surface area contributed by atoms with E-state index in [0.29, 0.717) is 13.1 Å². The van der Waals surface area contributed by atoms with Crippen LogP contribution in [0.15, 0.2) is 73.1 Å². The van der Waals surface area contributed by atoms with Crippen molar-refractivity contribution in [2.24, 2.45) is 0 Å². The fourth-order valence-corrected chi connectivity index (χ4v) is 4.73. The van der Waals surface area contributed by atoms with Crippen LogP contribution in [0.4, 0.5) is 4.39 Å². The Labute approximate surface area is 180 Å². The van der Waals surface area contributed by atoms with Crippen molar-refractivity contribution in [2.45, 2.75) is 38.3 Å². The maximum Gasteiger partial charge on any atom is 0.227 e. The van der Waals surface area contributed by atoms with Crippen molar-refractivity contribution < 1.29 is 9.18 Å². The van der Waals surface area contributed by atoms with Gasteiger partial charge in [-0.05, 0) is 66.3 Å². The molecule has 1 atom stereocenters. The second-order valence-corrected chi connectivity index (χ2v) is 8.11. The quantitative estimate of drug-likeness (QED) is 0.503. The molecule has 1 aliphatic carbocycles. The number of fused-ring (bicyclic) bond motifs is 3. The third kappa shape index (κ3) is 3.83. The SMILES string of the molecule is O=C(NCc1ccncc1)C1CCCc2c1c1ccccc1n2Cc1cccc(F)c1. The zero-order chi connectivity index (χ0) is 21.2. The molecule has 0 radical (unpaired) electrons. The maximum atomic E-state index is 13.8. The zero-order valence-corrected chi connectivity index (χ0v) is 17.2. The van der Waals surface area contributed by atoms with Crippen molar-refractivity contribution in [1.29, 1.82) is 0 Å². The molecule has 0 fully saturated rings. The Morgan fingerprint density at radius 1 is 1.06 bits per heavy atom. The monoisotopic (exact) mass is 413 g/mol. The van der Waals surface area contributed by atoms with Crippen LogP contribution in [0.5, 0.6) is 0 Å². The number of nitrogens with one attached hydrogen (secondary N) is 1. The summed E-state index contributed by atoms with van der Waals surface area (Å²) >= 11 is 0. The Bertz CT molecular complexity index is 1230. The molecule has 4 nitrogen and oxygen atoms in total. The molecule has 0 bridgehead atoms. The van der Waals surface area contributed by atoms with Gasteiger partial charge in [0.1, 0.15) is 5.82 Å². The first-order chi connectivity index (χ1) is 15.2. The van der Waals surface area contributed by atoms with Gasteiger partial charge in [0.15, 0.2) is 0 Å². The minimum Gasteiger partial charge on any atom is -0.351 e. The number of aromatic nitrogens is 2. The Morgan fingerprint density at radius 3 is 2.74 bits per heavy atom. The number of rotatable bonds is 5. The van der Waals surface area contributed by atoms with Gasteiger partial charge in [0.2, 0.25) is 5.91 Å². The minimum absolute atomic E-state index is 0.0615. The van der Waals surface area contributed by atoms with Crippen LogP contribution in [0.3, 0.4) is 0 Å².